The number of rotatable bonds is 26. The second-order valence-electron chi connectivity index (χ2n) is 13.4. The maximum Gasteiger partial charge on any atom is 0.334 e. The first kappa shape index (κ1) is 39.1. The molecule has 0 amide bonds. The van der Waals surface area contributed by atoms with Gasteiger partial charge in [-0.3, -0.25) is 0 Å². The lowest BCUT2D eigenvalue weighted by atomic mass is 9.97. The van der Waals surface area contributed by atoms with Crippen molar-refractivity contribution in [1.82, 2.24) is 0 Å². The number of hydrogen-bond acceptors (Lipinski definition) is 9. The zero-order valence-electron chi connectivity index (χ0n) is 27.5. The van der Waals surface area contributed by atoms with Crippen molar-refractivity contribution in [2.75, 3.05) is 0 Å². The van der Waals surface area contributed by atoms with E-state index in [1.807, 2.05) is 0 Å². The lowest BCUT2D eigenvalue weighted by Gasteiger charge is -2.23. The van der Waals surface area contributed by atoms with Crippen LogP contribution in [0.2, 0.25) is 0 Å². The van der Waals surface area contributed by atoms with E-state index >= 15 is 0 Å². The van der Waals surface area contributed by atoms with Crippen molar-refractivity contribution in [2.24, 2.45) is 0 Å². The van der Waals surface area contributed by atoms with Crippen LogP contribution in [0.1, 0.15) is 149 Å². The fourth-order valence-corrected chi connectivity index (χ4v) is 6.42. The average Bonchev–Trinajstić information content (AvgIpc) is 3.60. The first-order chi connectivity index (χ1) is 21.1. The van der Waals surface area contributed by atoms with E-state index in [2.05, 4.69) is 6.92 Å². The van der Waals surface area contributed by atoms with Gasteiger partial charge in [0.1, 0.15) is 6.10 Å². The van der Waals surface area contributed by atoms with Gasteiger partial charge in [0.15, 0.2) is 0 Å². The van der Waals surface area contributed by atoms with Crippen molar-refractivity contribution in [3.8, 4) is 0 Å². The first-order valence-electron chi connectivity index (χ1n) is 17.8. The fraction of sp³-hybridized carbons (Fsp3) is 0.914. The van der Waals surface area contributed by atoms with Crippen molar-refractivity contribution in [3.05, 3.63) is 11.6 Å². The summed E-state index contributed by atoms with van der Waals surface area (Å²) >= 11 is 0. The molecule has 2 aliphatic rings. The van der Waals surface area contributed by atoms with Crippen molar-refractivity contribution < 1.29 is 44.9 Å². The second kappa shape index (κ2) is 22.5. The molecule has 0 radical (unpaired) electrons. The Morgan fingerprint density at radius 2 is 1.25 bits per heavy atom. The number of aliphatic hydroxyl groups is 6. The van der Waals surface area contributed by atoms with Crippen molar-refractivity contribution in [3.63, 3.8) is 0 Å². The summed E-state index contributed by atoms with van der Waals surface area (Å²) in [5, 5.41) is 62.3. The lowest BCUT2D eigenvalue weighted by molar-refractivity contribution is -0.139. The Balaban J connectivity index is 1.50. The van der Waals surface area contributed by atoms with Gasteiger partial charge >= 0.3 is 5.97 Å². The van der Waals surface area contributed by atoms with E-state index in [1.54, 1.807) is 13.0 Å². The molecule has 0 aromatic rings. The van der Waals surface area contributed by atoms with Crippen LogP contribution in [0, 0.1) is 0 Å². The minimum atomic E-state index is -0.959. The highest BCUT2D eigenvalue weighted by Crippen LogP contribution is 2.28. The van der Waals surface area contributed by atoms with E-state index in [4.69, 9.17) is 9.47 Å². The van der Waals surface area contributed by atoms with E-state index in [9.17, 15) is 35.4 Å². The zero-order chi connectivity index (χ0) is 32.3. The van der Waals surface area contributed by atoms with Crippen LogP contribution in [0.5, 0.6) is 0 Å². The zero-order valence-corrected chi connectivity index (χ0v) is 27.5. The number of carbonyl (C=O) groups is 1. The van der Waals surface area contributed by atoms with Gasteiger partial charge in [-0.1, -0.05) is 71.1 Å². The average molecular weight is 629 g/mol. The minimum Gasteiger partial charge on any atom is -0.455 e. The summed E-state index contributed by atoms with van der Waals surface area (Å²) in [5.41, 5.74) is 0.452. The molecule has 2 heterocycles. The Kier molecular flexibility index (Phi) is 20.0. The Labute approximate surface area is 266 Å². The van der Waals surface area contributed by atoms with Gasteiger partial charge in [-0.2, -0.15) is 0 Å². The van der Waals surface area contributed by atoms with Crippen LogP contribution in [-0.4, -0.2) is 91.5 Å². The standard InChI is InChI=1S/C35H64O9/c1-3-4-5-6-7-8-9-10-11-12-15-29(37)32(40)20-21-33(41)34-22-18-28(44-34)14-13-16-30(38)31(39)19-17-27(36)24-26-23-25(2)43-35(26)42/h23,25,27-34,36-41H,3-22,24H2,1-2H3/t25-,27+,28+,29+,30-,31-,32+,33-,34-/m0/s1. The maximum atomic E-state index is 11.7. The molecule has 1 fully saturated rings. The molecule has 9 atom stereocenters. The van der Waals surface area contributed by atoms with Gasteiger partial charge in [0, 0.05) is 12.0 Å². The molecule has 1 saturated heterocycles. The Bertz CT molecular complexity index is 790. The molecule has 0 aliphatic carbocycles. The van der Waals surface area contributed by atoms with Gasteiger partial charge in [0.05, 0.1) is 48.8 Å². The maximum absolute atomic E-state index is 11.7. The van der Waals surface area contributed by atoms with Crippen LogP contribution >= 0.6 is 0 Å². The molecule has 0 saturated carbocycles. The summed E-state index contributed by atoms with van der Waals surface area (Å²) in [7, 11) is 0. The normalized spacial score (nSPS) is 24.5. The van der Waals surface area contributed by atoms with E-state index in [-0.39, 0.29) is 37.6 Å². The Morgan fingerprint density at radius 1 is 0.705 bits per heavy atom. The molecule has 0 unspecified atom stereocenters. The predicted octanol–water partition coefficient (Wildman–Crippen LogP) is 5.00. The molecule has 0 aromatic heterocycles. The van der Waals surface area contributed by atoms with Gasteiger partial charge < -0.3 is 40.1 Å². The molecule has 9 heteroatoms. The summed E-state index contributed by atoms with van der Waals surface area (Å²) < 4.78 is 11.1. The topological polar surface area (TPSA) is 157 Å². The van der Waals surface area contributed by atoms with Crippen LogP contribution in [0.3, 0.4) is 0 Å². The molecule has 44 heavy (non-hydrogen) atoms. The quantitative estimate of drug-likeness (QED) is 0.0573. The molecular formula is C35H64O9. The van der Waals surface area contributed by atoms with Crippen molar-refractivity contribution in [1.29, 1.82) is 0 Å². The highest BCUT2D eigenvalue weighted by Gasteiger charge is 2.31. The van der Waals surface area contributed by atoms with Gasteiger partial charge in [-0.05, 0) is 77.2 Å². The fourth-order valence-electron chi connectivity index (χ4n) is 6.42. The number of cyclic esters (lactones) is 1. The molecule has 0 bridgehead atoms. The van der Waals surface area contributed by atoms with Crippen LogP contribution in [0.25, 0.3) is 0 Å². The van der Waals surface area contributed by atoms with Gasteiger partial charge in [0.25, 0.3) is 0 Å². The molecular weight excluding hydrogens is 564 g/mol. The monoisotopic (exact) mass is 628 g/mol. The van der Waals surface area contributed by atoms with Gasteiger partial charge in [-0.25, -0.2) is 4.79 Å². The summed E-state index contributed by atoms with van der Waals surface area (Å²) in [6, 6.07) is 0. The van der Waals surface area contributed by atoms with Crippen molar-refractivity contribution in [2.45, 2.75) is 204 Å². The Morgan fingerprint density at radius 3 is 1.84 bits per heavy atom. The molecule has 0 spiro atoms. The van der Waals surface area contributed by atoms with Crippen LogP contribution in [0.4, 0.5) is 0 Å². The molecule has 6 N–H and O–H groups in total. The minimum absolute atomic E-state index is 0.0190. The lowest BCUT2D eigenvalue weighted by Crippen LogP contribution is -2.31. The highest BCUT2D eigenvalue weighted by molar-refractivity contribution is 5.90. The molecule has 0 aromatic carbocycles. The molecule has 258 valence electrons. The van der Waals surface area contributed by atoms with E-state index in [1.165, 1.54) is 51.4 Å². The third kappa shape index (κ3) is 16.0. The third-order valence-corrected chi connectivity index (χ3v) is 9.34. The third-order valence-electron chi connectivity index (χ3n) is 9.34. The predicted molar refractivity (Wildman–Crippen MR) is 171 cm³/mol. The smallest absolute Gasteiger partial charge is 0.334 e. The number of aliphatic hydroxyl groups excluding tert-OH is 6. The molecule has 9 nitrogen and oxygen atoms in total. The van der Waals surface area contributed by atoms with E-state index in [0.717, 1.165) is 25.7 Å². The number of ether oxygens (including phenoxy) is 2. The first-order valence-corrected chi connectivity index (χ1v) is 17.8. The summed E-state index contributed by atoms with van der Waals surface area (Å²) in [5.74, 6) is -0.410. The van der Waals surface area contributed by atoms with Gasteiger partial charge in [-0.15, -0.1) is 0 Å². The van der Waals surface area contributed by atoms with Crippen molar-refractivity contribution >= 4 is 5.97 Å². The van der Waals surface area contributed by atoms with Crippen LogP contribution in [-0.2, 0) is 14.3 Å². The van der Waals surface area contributed by atoms with E-state index < -0.39 is 42.6 Å². The molecule has 2 aliphatic heterocycles. The van der Waals surface area contributed by atoms with E-state index in [0.29, 0.717) is 44.1 Å². The SMILES string of the molecule is CCCCCCCCCCCC[C@@H](O)[C@H](O)CC[C@H](O)[C@@H]1CC[C@@H](CCC[C@H](O)[C@@H](O)CC[C@@H](O)CC2=C[C@H](C)OC2=O)O1. The van der Waals surface area contributed by atoms with Gasteiger partial charge in [0.2, 0.25) is 0 Å². The number of esters is 1. The number of carbonyl (C=O) groups excluding carboxylic acids is 1. The summed E-state index contributed by atoms with van der Waals surface area (Å²) in [4.78, 5) is 11.7. The number of hydrogen-bond donors (Lipinski definition) is 6. The summed E-state index contributed by atoms with van der Waals surface area (Å²) in [6.07, 6.45) is 13.8. The Hall–Kier alpha value is -1.07. The summed E-state index contributed by atoms with van der Waals surface area (Å²) in [6.45, 7) is 3.99. The molecule has 2 rings (SSSR count). The largest absolute Gasteiger partial charge is 0.455 e. The number of unbranched alkanes of at least 4 members (excludes halogenated alkanes) is 9. The highest BCUT2D eigenvalue weighted by atomic mass is 16.5. The second-order valence-corrected chi connectivity index (χ2v) is 13.4. The van der Waals surface area contributed by atoms with Crippen LogP contribution < -0.4 is 0 Å². The van der Waals surface area contributed by atoms with Crippen LogP contribution in [0.15, 0.2) is 11.6 Å².